The van der Waals surface area contributed by atoms with Crippen molar-refractivity contribution in [2.45, 2.75) is 52.0 Å². The van der Waals surface area contributed by atoms with Crippen molar-refractivity contribution in [1.82, 2.24) is 5.43 Å². The summed E-state index contributed by atoms with van der Waals surface area (Å²) in [6.07, 6.45) is 6.55. The molecule has 3 unspecified atom stereocenters. The van der Waals surface area contributed by atoms with Crippen LogP contribution in [0.4, 0.5) is 0 Å². The van der Waals surface area contributed by atoms with Crippen molar-refractivity contribution in [2.24, 2.45) is 17.7 Å². The average Bonchev–Trinajstić information content (AvgIpc) is 2.42. The first-order chi connectivity index (χ1) is 9.15. The summed E-state index contributed by atoms with van der Waals surface area (Å²) in [6.45, 7) is 4.41. The Morgan fingerprint density at radius 2 is 2.21 bits per heavy atom. The monoisotopic (exact) mass is 280 g/mol. The highest BCUT2D eigenvalue weighted by Gasteiger charge is 2.28. The molecule has 0 heterocycles. The molecule has 0 radical (unpaired) electrons. The summed E-state index contributed by atoms with van der Waals surface area (Å²) in [4.78, 5) is 0. The summed E-state index contributed by atoms with van der Waals surface area (Å²) in [5, 5.41) is 0.798. The van der Waals surface area contributed by atoms with E-state index < -0.39 is 0 Å². The molecule has 0 aliphatic heterocycles. The van der Waals surface area contributed by atoms with Crippen LogP contribution in [0.15, 0.2) is 18.2 Å². The van der Waals surface area contributed by atoms with Gasteiger partial charge in [0.25, 0.3) is 0 Å². The molecule has 2 rings (SSSR count). The smallest absolute Gasteiger partial charge is 0.0490 e. The second-order valence-corrected chi connectivity index (χ2v) is 6.28. The number of hydrogen-bond acceptors (Lipinski definition) is 2. The average molecular weight is 281 g/mol. The van der Waals surface area contributed by atoms with Crippen LogP contribution in [0.1, 0.15) is 56.2 Å². The van der Waals surface area contributed by atoms with Gasteiger partial charge in [-0.15, -0.1) is 0 Å². The lowest BCUT2D eigenvalue weighted by Gasteiger charge is -2.34. The third kappa shape index (κ3) is 3.50. The molecule has 1 aromatic rings. The first-order valence-corrected chi connectivity index (χ1v) is 7.75. The lowest BCUT2D eigenvalue weighted by atomic mass is 9.75. The number of benzene rings is 1. The summed E-state index contributed by atoms with van der Waals surface area (Å²) in [5.41, 5.74) is 5.58. The van der Waals surface area contributed by atoms with Crippen molar-refractivity contribution in [2.75, 3.05) is 0 Å². The van der Waals surface area contributed by atoms with Gasteiger partial charge in [-0.2, -0.15) is 0 Å². The van der Waals surface area contributed by atoms with Gasteiger partial charge in [-0.3, -0.25) is 11.3 Å². The maximum Gasteiger partial charge on any atom is 0.0490 e. The van der Waals surface area contributed by atoms with E-state index in [9.17, 15) is 0 Å². The van der Waals surface area contributed by atoms with Crippen LogP contribution in [-0.2, 0) is 0 Å². The summed E-state index contributed by atoms with van der Waals surface area (Å²) < 4.78 is 0. The number of rotatable bonds is 4. The molecule has 0 aromatic heterocycles. The van der Waals surface area contributed by atoms with Crippen molar-refractivity contribution in [1.29, 1.82) is 0 Å². The molecule has 3 N–H and O–H groups in total. The number of aryl methyl sites for hydroxylation is 1. The van der Waals surface area contributed by atoms with E-state index in [1.165, 1.54) is 43.2 Å². The minimum absolute atomic E-state index is 0.256. The largest absolute Gasteiger partial charge is 0.271 e. The standard InChI is InChI=1S/C16H25ClN2/c1-3-12-5-4-6-13(10-12)16(19-18)15-8-7-14(17)9-11(15)2/h7-9,12-13,16,19H,3-6,10,18H2,1-2H3. The molecule has 19 heavy (non-hydrogen) atoms. The normalized spacial score (nSPS) is 25.3. The van der Waals surface area contributed by atoms with Crippen molar-refractivity contribution in [3.05, 3.63) is 34.3 Å². The van der Waals surface area contributed by atoms with Gasteiger partial charge in [-0.25, -0.2) is 0 Å². The molecule has 2 nitrogen and oxygen atoms in total. The Morgan fingerprint density at radius 3 is 2.84 bits per heavy atom. The third-order valence-corrected chi connectivity index (χ3v) is 4.85. The Labute approximate surface area is 121 Å². The van der Waals surface area contributed by atoms with Crippen LogP contribution < -0.4 is 11.3 Å². The second-order valence-electron chi connectivity index (χ2n) is 5.85. The molecule has 1 aromatic carbocycles. The second kappa shape index (κ2) is 6.74. The Hall–Kier alpha value is -0.570. The zero-order valence-electron chi connectivity index (χ0n) is 12.0. The molecule has 0 saturated heterocycles. The minimum Gasteiger partial charge on any atom is -0.271 e. The van der Waals surface area contributed by atoms with E-state index in [2.05, 4.69) is 25.3 Å². The SMILES string of the molecule is CCC1CCCC(C(NN)c2ccc(Cl)cc2C)C1. The van der Waals surface area contributed by atoms with Crippen molar-refractivity contribution < 1.29 is 0 Å². The minimum atomic E-state index is 0.256. The molecule has 1 aliphatic rings. The number of nitrogens with two attached hydrogens (primary N) is 1. The fourth-order valence-electron chi connectivity index (χ4n) is 3.47. The van der Waals surface area contributed by atoms with Gasteiger partial charge in [-0.1, -0.05) is 43.9 Å². The van der Waals surface area contributed by atoms with Crippen molar-refractivity contribution in [3.63, 3.8) is 0 Å². The Balaban J connectivity index is 2.19. The lowest BCUT2D eigenvalue weighted by molar-refractivity contribution is 0.209. The van der Waals surface area contributed by atoms with Crippen LogP contribution >= 0.6 is 11.6 Å². The molecule has 0 spiro atoms. The predicted molar refractivity (Wildman–Crippen MR) is 82.0 cm³/mol. The molecule has 3 heteroatoms. The number of nitrogens with one attached hydrogen (secondary N) is 1. The molecule has 106 valence electrons. The molecule has 0 bridgehead atoms. The molecular weight excluding hydrogens is 256 g/mol. The quantitative estimate of drug-likeness (QED) is 0.635. The maximum absolute atomic E-state index is 6.04. The van der Waals surface area contributed by atoms with Crippen LogP contribution in [0.3, 0.4) is 0 Å². The van der Waals surface area contributed by atoms with Crippen molar-refractivity contribution in [3.8, 4) is 0 Å². The van der Waals surface area contributed by atoms with Crippen LogP contribution in [0.25, 0.3) is 0 Å². The van der Waals surface area contributed by atoms with Crippen LogP contribution in [0.5, 0.6) is 0 Å². The van der Waals surface area contributed by atoms with Gasteiger partial charge in [0.15, 0.2) is 0 Å². The van der Waals surface area contributed by atoms with Gasteiger partial charge in [0, 0.05) is 11.1 Å². The molecule has 1 aliphatic carbocycles. The fraction of sp³-hybridized carbons (Fsp3) is 0.625. The van der Waals surface area contributed by atoms with E-state index in [1.54, 1.807) is 0 Å². The molecule has 0 amide bonds. The molecule has 1 fully saturated rings. The van der Waals surface area contributed by atoms with Crippen molar-refractivity contribution >= 4 is 11.6 Å². The highest BCUT2D eigenvalue weighted by atomic mass is 35.5. The lowest BCUT2D eigenvalue weighted by Crippen LogP contribution is -2.36. The third-order valence-electron chi connectivity index (χ3n) is 4.62. The zero-order chi connectivity index (χ0) is 13.8. The first-order valence-electron chi connectivity index (χ1n) is 7.37. The predicted octanol–water partition coefficient (Wildman–Crippen LogP) is 4.37. The molecule has 1 saturated carbocycles. The van der Waals surface area contributed by atoms with Crippen LogP contribution in [-0.4, -0.2) is 0 Å². The van der Waals surface area contributed by atoms with E-state index in [1.807, 2.05) is 12.1 Å². The number of hydrazine groups is 1. The van der Waals surface area contributed by atoms with Gasteiger partial charge < -0.3 is 0 Å². The van der Waals surface area contributed by atoms with E-state index in [4.69, 9.17) is 17.4 Å². The highest BCUT2D eigenvalue weighted by Crippen LogP contribution is 2.39. The first kappa shape index (κ1) is 14.8. The summed E-state index contributed by atoms with van der Waals surface area (Å²) >= 11 is 6.04. The zero-order valence-corrected chi connectivity index (χ0v) is 12.7. The Bertz CT molecular complexity index is 419. The van der Waals surface area contributed by atoms with E-state index in [0.717, 1.165) is 10.9 Å². The van der Waals surface area contributed by atoms with E-state index in [0.29, 0.717) is 5.92 Å². The van der Waals surface area contributed by atoms with Gasteiger partial charge in [0.05, 0.1) is 0 Å². The van der Waals surface area contributed by atoms with E-state index in [-0.39, 0.29) is 6.04 Å². The van der Waals surface area contributed by atoms with Gasteiger partial charge in [-0.05, 0) is 54.9 Å². The summed E-state index contributed by atoms with van der Waals surface area (Å²) in [5.74, 6) is 7.35. The summed E-state index contributed by atoms with van der Waals surface area (Å²) in [7, 11) is 0. The van der Waals surface area contributed by atoms with Gasteiger partial charge in [0.1, 0.15) is 0 Å². The highest BCUT2D eigenvalue weighted by molar-refractivity contribution is 6.30. The van der Waals surface area contributed by atoms with Crippen LogP contribution in [0.2, 0.25) is 5.02 Å². The van der Waals surface area contributed by atoms with Gasteiger partial charge in [0.2, 0.25) is 0 Å². The topological polar surface area (TPSA) is 38.0 Å². The summed E-state index contributed by atoms with van der Waals surface area (Å²) in [6, 6.07) is 6.37. The van der Waals surface area contributed by atoms with E-state index >= 15 is 0 Å². The number of halogens is 1. The Morgan fingerprint density at radius 1 is 1.42 bits per heavy atom. The molecular formula is C16H25ClN2. The van der Waals surface area contributed by atoms with Crippen LogP contribution in [0, 0.1) is 18.8 Å². The molecule has 3 atom stereocenters. The van der Waals surface area contributed by atoms with Gasteiger partial charge >= 0.3 is 0 Å². The Kier molecular flexibility index (Phi) is 5.26. The number of hydrogen-bond donors (Lipinski definition) is 2. The maximum atomic E-state index is 6.04. The fourth-order valence-corrected chi connectivity index (χ4v) is 3.70.